The molecule has 1 amide bonds. The summed E-state index contributed by atoms with van der Waals surface area (Å²) in [5, 5.41) is 5.54. The second-order valence-electron chi connectivity index (χ2n) is 5.72. The predicted molar refractivity (Wildman–Crippen MR) is 108 cm³/mol. The number of hydrogen-bond donors (Lipinski definition) is 1. The van der Waals surface area contributed by atoms with Crippen LogP contribution < -0.4 is 10.1 Å². The van der Waals surface area contributed by atoms with Crippen molar-refractivity contribution in [3.63, 3.8) is 0 Å². The molecule has 5 heteroatoms. The SMILES string of the molecule is COc1ccc2ccccc2c1/C=C1\SC(=Nc2ccccc2)NC1=O. The highest BCUT2D eigenvalue weighted by atomic mass is 32.2. The van der Waals surface area contributed by atoms with Gasteiger partial charge in [0.15, 0.2) is 5.17 Å². The zero-order chi connectivity index (χ0) is 17.9. The summed E-state index contributed by atoms with van der Waals surface area (Å²) in [5.74, 6) is 0.581. The molecule has 1 aliphatic heterocycles. The van der Waals surface area contributed by atoms with Crippen LogP contribution in [-0.2, 0) is 4.79 Å². The fraction of sp³-hybridized carbons (Fsp3) is 0.0476. The van der Waals surface area contributed by atoms with Gasteiger partial charge in [0.1, 0.15) is 5.75 Å². The average Bonchev–Trinajstić information content (AvgIpc) is 3.02. The number of fused-ring (bicyclic) bond motifs is 1. The molecule has 4 nitrogen and oxygen atoms in total. The van der Waals surface area contributed by atoms with E-state index in [1.165, 1.54) is 11.8 Å². The fourth-order valence-corrected chi connectivity index (χ4v) is 3.66. The van der Waals surface area contributed by atoms with Gasteiger partial charge in [0.2, 0.25) is 0 Å². The third-order valence-corrected chi connectivity index (χ3v) is 4.97. The molecular weight excluding hydrogens is 344 g/mol. The van der Waals surface area contributed by atoms with Crippen molar-refractivity contribution in [1.29, 1.82) is 0 Å². The molecule has 1 heterocycles. The van der Waals surface area contributed by atoms with Gasteiger partial charge in [-0.25, -0.2) is 4.99 Å². The minimum Gasteiger partial charge on any atom is -0.496 e. The van der Waals surface area contributed by atoms with E-state index in [2.05, 4.69) is 10.3 Å². The predicted octanol–water partition coefficient (Wildman–Crippen LogP) is 4.74. The van der Waals surface area contributed by atoms with Crippen LogP contribution in [0, 0.1) is 0 Å². The molecule has 1 saturated heterocycles. The van der Waals surface area contributed by atoms with Crippen molar-refractivity contribution in [2.75, 3.05) is 7.11 Å². The lowest BCUT2D eigenvalue weighted by molar-refractivity contribution is -0.115. The second kappa shape index (κ2) is 7.06. The van der Waals surface area contributed by atoms with Crippen LogP contribution in [0.3, 0.4) is 0 Å². The van der Waals surface area contributed by atoms with Gasteiger partial charge in [0.25, 0.3) is 5.91 Å². The Morgan fingerprint density at radius 2 is 1.77 bits per heavy atom. The van der Waals surface area contributed by atoms with Gasteiger partial charge in [-0.15, -0.1) is 0 Å². The van der Waals surface area contributed by atoms with E-state index in [1.54, 1.807) is 7.11 Å². The van der Waals surface area contributed by atoms with Crippen molar-refractivity contribution in [1.82, 2.24) is 5.32 Å². The number of amidine groups is 1. The van der Waals surface area contributed by atoms with Crippen LogP contribution in [0.4, 0.5) is 5.69 Å². The summed E-state index contributed by atoms with van der Waals surface area (Å²) in [6, 6.07) is 21.5. The fourth-order valence-electron chi connectivity index (χ4n) is 2.83. The van der Waals surface area contributed by atoms with E-state index in [9.17, 15) is 4.79 Å². The first kappa shape index (κ1) is 16.4. The highest BCUT2D eigenvalue weighted by molar-refractivity contribution is 8.18. The lowest BCUT2D eigenvalue weighted by Crippen LogP contribution is -2.19. The minimum absolute atomic E-state index is 0.153. The standard InChI is InChI=1S/C21H16N2O2S/c1-25-18-12-11-14-7-5-6-10-16(14)17(18)13-19-20(24)23-21(26-19)22-15-8-3-2-4-9-15/h2-13H,1H3,(H,22,23,24)/b19-13-. The first-order chi connectivity index (χ1) is 12.7. The maximum absolute atomic E-state index is 12.4. The Balaban J connectivity index is 1.74. The van der Waals surface area contributed by atoms with Gasteiger partial charge < -0.3 is 10.1 Å². The van der Waals surface area contributed by atoms with Crippen molar-refractivity contribution in [2.24, 2.45) is 4.99 Å². The number of methoxy groups -OCH3 is 1. The molecule has 0 unspecified atom stereocenters. The topological polar surface area (TPSA) is 50.7 Å². The van der Waals surface area contributed by atoms with Crippen LogP contribution in [0.25, 0.3) is 16.8 Å². The number of benzene rings is 3. The van der Waals surface area contributed by atoms with E-state index in [0.717, 1.165) is 27.8 Å². The number of hydrogen-bond acceptors (Lipinski definition) is 4. The molecule has 3 aromatic carbocycles. The van der Waals surface area contributed by atoms with Gasteiger partial charge in [0.05, 0.1) is 17.7 Å². The van der Waals surface area contributed by atoms with Crippen LogP contribution in [0.1, 0.15) is 5.56 Å². The summed E-state index contributed by atoms with van der Waals surface area (Å²) in [6.07, 6.45) is 1.87. The molecule has 3 aromatic rings. The Morgan fingerprint density at radius 1 is 1.00 bits per heavy atom. The van der Waals surface area contributed by atoms with Crippen LogP contribution in [0.2, 0.25) is 0 Å². The maximum Gasteiger partial charge on any atom is 0.264 e. The van der Waals surface area contributed by atoms with Crippen LogP contribution in [0.5, 0.6) is 5.75 Å². The van der Waals surface area contributed by atoms with Crippen LogP contribution in [-0.4, -0.2) is 18.2 Å². The zero-order valence-corrected chi connectivity index (χ0v) is 14.9. The molecule has 1 N–H and O–H groups in total. The summed E-state index contributed by atoms with van der Waals surface area (Å²) in [4.78, 5) is 17.5. The third kappa shape index (κ3) is 3.21. The largest absolute Gasteiger partial charge is 0.496 e. The van der Waals surface area contributed by atoms with Crippen LogP contribution >= 0.6 is 11.8 Å². The van der Waals surface area contributed by atoms with Crippen molar-refractivity contribution in [3.8, 4) is 5.75 Å². The summed E-state index contributed by atoms with van der Waals surface area (Å²) >= 11 is 1.33. The number of para-hydroxylation sites is 1. The lowest BCUT2D eigenvalue weighted by Gasteiger charge is -2.09. The van der Waals surface area contributed by atoms with Crippen LogP contribution in [0.15, 0.2) is 76.6 Å². The zero-order valence-electron chi connectivity index (χ0n) is 14.1. The maximum atomic E-state index is 12.4. The highest BCUT2D eigenvalue weighted by Crippen LogP contribution is 2.34. The quantitative estimate of drug-likeness (QED) is 0.687. The lowest BCUT2D eigenvalue weighted by atomic mass is 10.0. The number of aliphatic imine (C=N–C) groups is 1. The average molecular weight is 360 g/mol. The van der Waals surface area contributed by atoms with Gasteiger partial charge >= 0.3 is 0 Å². The summed E-state index contributed by atoms with van der Waals surface area (Å²) in [5.41, 5.74) is 1.70. The number of thioether (sulfide) groups is 1. The van der Waals surface area contributed by atoms with Crippen molar-refractivity contribution >= 4 is 45.4 Å². The van der Waals surface area contributed by atoms with E-state index in [0.29, 0.717) is 10.1 Å². The summed E-state index contributed by atoms with van der Waals surface area (Å²) in [7, 11) is 1.64. The molecule has 0 spiro atoms. The first-order valence-electron chi connectivity index (χ1n) is 8.15. The molecule has 128 valence electrons. The van der Waals surface area contributed by atoms with E-state index in [4.69, 9.17) is 4.74 Å². The molecule has 0 aromatic heterocycles. The Bertz CT molecular complexity index is 1040. The van der Waals surface area contributed by atoms with Gasteiger partial charge in [-0.3, -0.25) is 4.79 Å². The molecule has 4 rings (SSSR count). The normalized spacial score (nSPS) is 17.0. The monoisotopic (exact) mass is 360 g/mol. The smallest absolute Gasteiger partial charge is 0.264 e. The number of nitrogens with zero attached hydrogens (tertiary/aromatic N) is 1. The Morgan fingerprint density at radius 3 is 2.58 bits per heavy atom. The molecular formula is C21H16N2O2S. The first-order valence-corrected chi connectivity index (χ1v) is 8.96. The molecule has 1 aliphatic rings. The van der Waals surface area contributed by atoms with E-state index >= 15 is 0 Å². The summed E-state index contributed by atoms with van der Waals surface area (Å²) < 4.78 is 5.51. The molecule has 0 bridgehead atoms. The number of ether oxygens (including phenoxy) is 1. The van der Waals surface area contributed by atoms with Crippen molar-refractivity contribution in [3.05, 3.63) is 77.2 Å². The number of nitrogens with one attached hydrogen (secondary N) is 1. The number of amides is 1. The molecule has 0 aliphatic carbocycles. The number of rotatable bonds is 3. The Kier molecular flexibility index (Phi) is 4.46. The van der Waals surface area contributed by atoms with Gasteiger partial charge in [0, 0.05) is 5.56 Å². The number of carbonyl (C=O) groups is 1. The molecule has 26 heavy (non-hydrogen) atoms. The van der Waals surface area contributed by atoms with Gasteiger partial charge in [-0.2, -0.15) is 0 Å². The molecule has 0 radical (unpaired) electrons. The van der Waals surface area contributed by atoms with Gasteiger partial charge in [-0.1, -0.05) is 48.5 Å². The molecule has 0 atom stereocenters. The van der Waals surface area contributed by atoms with Crippen molar-refractivity contribution < 1.29 is 9.53 Å². The second-order valence-corrected chi connectivity index (χ2v) is 6.75. The van der Waals surface area contributed by atoms with E-state index in [-0.39, 0.29) is 5.91 Å². The minimum atomic E-state index is -0.153. The van der Waals surface area contributed by atoms with E-state index < -0.39 is 0 Å². The Hall–Kier alpha value is -3.05. The molecule has 1 fully saturated rings. The van der Waals surface area contributed by atoms with E-state index in [1.807, 2.05) is 72.8 Å². The molecule has 0 saturated carbocycles. The summed E-state index contributed by atoms with van der Waals surface area (Å²) in [6.45, 7) is 0. The Labute approximate surface area is 155 Å². The van der Waals surface area contributed by atoms with Crippen molar-refractivity contribution in [2.45, 2.75) is 0 Å². The third-order valence-electron chi connectivity index (χ3n) is 4.06. The number of carbonyl (C=O) groups excluding carboxylic acids is 1. The highest BCUT2D eigenvalue weighted by Gasteiger charge is 2.24. The van der Waals surface area contributed by atoms with Gasteiger partial charge in [-0.05, 0) is 46.8 Å².